The molecule has 1 rings (SSSR count). The zero-order valence-corrected chi connectivity index (χ0v) is 8.26. The first-order valence-corrected chi connectivity index (χ1v) is 4.63. The Kier molecular flexibility index (Phi) is 4.17. The second-order valence-corrected chi connectivity index (χ2v) is 3.06. The topological polar surface area (TPSA) is 64.3 Å². The second-order valence-electron chi connectivity index (χ2n) is 3.06. The molecule has 0 unspecified atom stereocenters. The van der Waals surface area contributed by atoms with Gasteiger partial charge in [0, 0.05) is 12.2 Å². The molecule has 78 valence electrons. The van der Waals surface area contributed by atoms with E-state index in [-0.39, 0.29) is 13.0 Å². The fourth-order valence-electron chi connectivity index (χ4n) is 1.25. The van der Waals surface area contributed by atoms with Gasteiger partial charge in [0.05, 0.1) is 12.5 Å². The Morgan fingerprint density at radius 1 is 1.40 bits per heavy atom. The van der Waals surface area contributed by atoms with Crippen LogP contribution in [0.15, 0.2) is 30.3 Å². The van der Waals surface area contributed by atoms with E-state index in [2.05, 4.69) is 0 Å². The van der Waals surface area contributed by atoms with Gasteiger partial charge >= 0.3 is 5.97 Å². The maximum absolute atomic E-state index is 10.4. The Labute approximate surface area is 88.4 Å². The SMILES string of the molecule is N#CCN(CCC(=O)O)c1ccccc1. The number of carboxylic acid groups (broad SMARTS) is 1. The number of nitrogens with zero attached hydrogens (tertiary/aromatic N) is 2. The van der Waals surface area contributed by atoms with Gasteiger partial charge in [0.15, 0.2) is 0 Å². The van der Waals surface area contributed by atoms with E-state index in [9.17, 15) is 4.79 Å². The highest BCUT2D eigenvalue weighted by Crippen LogP contribution is 2.12. The van der Waals surface area contributed by atoms with E-state index in [0.29, 0.717) is 6.54 Å². The first kappa shape index (κ1) is 11.1. The summed E-state index contributed by atoms with van der Waals surface area (Å²) in [5.41, 5.74) is 0.875. The molecule has 0 bridgehead atoms. The van der Waals surface area contributed by atoms with Crippen LogP contribution >= 0.6 is 0 Å². The van der Waals surface area contributed by atoms with E-state index in [1.165, 1.54) is 0 Å². The van der Waals surface area contributed by atoms with Crippen molar-refractivity contribution in [2.75, 3.05) is 18.0 Å². The summed E-state index contributed by atoms with van der Waals surface area (Å²) in [6, 6.07) is 11.3. The Morgan fingerprint density at radius 3 is 2.60 bits per heavy atom. The lowest BCUT2D eigenvalue weighted by Gasteiger charge is -2.20. The molecule has 15 heavy (non-hydrogen) atoms. The van der Waals surface area contributed by atoms with Crippen LogP contribution in [0.3, 0.4) is 0 Å². The van der Waals surface area contributed by atoms with Gasteiger partial charge in [-0.1, -0.05) is 18.2 Å². The van der Waals surface area contributed by atoms with E-state index in [4.69, 9.17) is 10.4 Å². The number of anilines is 1. The molecule has 1 aromatic carbocycles. The number of hydrogen-bond donors (Lipinski definition) is 1. The van der Waals surface area contributed by atoms with Gasteiger partial charge in [-0.3, -0.25) is 4.79 Å². The van der Waals surface area contributed by atoms with Crippen LogP contribution in [0.25, 0.3) is 0 Å². The molecule has 0 atom stereocenters. The van der Waals surface area contributed by atoms with Crippen LogP contribution in [0.2, 0.25) is 0 Å². The maximum atomic E-state index is 10.4. The standard InChI is InChI=1S/C11H12N2O2/c12-7-9-13(8-6-11(14)15)10-4-2-1-3-5-10/h1-5H,6,8-9H2,(H,14,15). The lowest BCUT2D eigenvalue weighted by molar-refractivity contribution is -0.136. The molecule has 0 radical (unpaired) electrons. The van der Waals surface area contributed by atoms with Crippen LogP contribution in [-0.2, 0) is 4.79 Å². The molecule has 1 aromatic rings. The van der Waals surface area contributed by atoms with Crippen molar-refractivity contribution < 1.29 is 9.90 Å². The molecule has 0 heterocycles. The first-order chi connectivity index (χ1) is 7.24. The highest BCUT2D eigenvalue weighted by molar-refractivity contribution is 5.67. The molecule has 0 spiro atoms. The van der Waals surface area contributed by atoms with Gasteiger partial charge in [-0.05, 0) is 12.1 Å². The molecule has 4 heteroatoms. The van der Waals surface area contributed by atoms with Gasteiger partial charge in [0.2, 0.25) is 0 Å². The Hall–Kier alpha value is -2.02. The zero-order chi connectivity index (χ0) is 11.1. The zero-order valence-electron chi connectivity index (χ0n) is 8.26. The predicted molar refractivity (Wildman–Crippen MR) is 56.5 cm³/mol. The molecule has 0 aliphatic heterocycles. The number of nitriles is 1. The van der Waals surface area contributed by atoms with Crippen LogP contribution in [0.1, 0.15) is 6.42 Å². The Balaban J connectivity index is 2.66. The third-order valence-electron chi connectivity index (χ3n) is 1.98. The maximum Gasteiger partial charge on any atom is 0.305 e. The van der Waals surface area contributed by atoms with Crippen LogP contribution in [0.4, 0.5) is 5.69 Å². The molecule has 0 amide bonds. The van der Waals surface area contributed by atoms with Crippen molar-refractivity contribution in [3.63, 3.8) is 0 Å². The molecular formula is C11H12N2O2. The molecule has 0 saturated heterocycles. The lowest BCUT2D eigenvalue weighted by atomic mass is 10.2. The van der Waals surface area contributed by atoms with E-state index in [0.717, 1.165) is 5.69 Å². The summed E-state index contributed by atoms with van der Waals surface area (Å²) in [5.74, 6) is -0.853. The molecule has 0 aliphatic carbocycles. The molecule has 0 aromatic heterocycles. The van der Waals surface area contributed by atoms with Crippen molar-refractivity contribution in [3.05, 3.63) is 30.3 Å². The molecule has 0 aliphatic rings. The van der Waals surface area contributed by atoms with E-state index in [1.807, 2.05) is 36.4 Å². The lowest BCUT2D eigenvalue weighted by Crippen LogP contribution is -2.26. The van der Waals surface area contributed by atoms with Crippen LogP contribution < -0.4 is 4.90 Å². The van der Waals surface area contributed by atoms with Crippen molar-refractivity contribution >= 4 is 11.7 Å². The third kappa shape index (κ3) is 3.69. The molecule has 0 saturated carbocycles. The van der Waals surface area contributed by atoms with Gasteiger partial charge in [-0.25, -0.2) is 0 Å². The summed E-state index contributed by atoms with van der Waals surface area (Å²) >= 11 is 0. The summed E-state index contributed by atoms with van der Waals surface area (Å²) in [7, 11) is 0. The minimum atomic E-state index is -0.853. The van der Waals surface area contributed by atoms with E-state index in [1.54, 1.807) is 4.90 Å². The average Bonchev–Trinajstić information content (AvgIpc) is 2.25. The number of carboxylic acids is 1. The van der Waals surface area contributed by atoms with Crippen LogP contribution in [0, 0.1) is 11.3 Å². The summed E-state index contributed by atoms with van der Waals surface area (Å²) in [6.07, 6.45) is 0.0383. The Bertz CT molecular complexity index is 357. The number of para-hydroxylation sites is 1. The molecular weight excluding hydrogens is 192 g/mol. The predicted octanol–water partition coefficient (Wildman–Crippen LogP) is 1.49. The minimum absolute atomic E-state index is 0.0383. The van der Waals surface area contributed by atoms with Crippen LogP contribution in [0.5, 0.6) is 0 Å². The molecule has 1 N–H and O–H groups in total. The van der Waals surface area contributed by atoms with Crippen molar-refractivity contribution in [1.82, 2.24) is 0 Å². The number of benzene rings is 1. The van der Waals surface area contributed by atoms with Crippen molar-refractivity contribution in [1.29, 1.82) is 5.26 Å². The smallest absolute Gasteiger partial charge is 0.305 e. The normalized spacial score (nSPS) is 9.27. The quantitative estimate of drug-likeness (QED) is 0.738. The monoisotopic (exact) mass is 204 g/mol. The Morgan fingerprint density at radius 2 is 2.07 bits per heavy atom. The average molecular weight is 204 g/mol. The number of carbonyl (C=O) groups is 1. The number of rotatable bonds is 5. The van der Waals surface area contributed by atoms with Crippen molar-refractivity contribution in [2.45, 2.75) is 6.42 Å². The van der Waals surface area contributed by atoms with E-state index < -0.39 is 5.97 Å². The summed E-state index contributed by atoms with van der Waals surface area (Å²) in [6.45, 7) is 0.560. The number of hydrogen-bond acceptors (Lipinski definition) is 3. The largest absolute Gasteiger partial charge is 0.481 e. The van der Waals surface area contributed by atoms with Crippen LogP contribution in [-0.4, -0.2) is 24.2 Å². The van der Waals surface area contributed by atoms with Gasteiger partial charge < -0.3 is 10.0 Å². The van der Waals surface area contributed by atoms with Gasteiger partial charge in [-0.2, -0.15) is 5.26 Å². The second kappa shape index (κ2) is 5.66. The molecule has 0 fully saturated rings. The van der Waals surface area contributed by atoms with Gasteiger partial charge in [0.25, 0.3) is 0 Å². The van der Waals surface area contributed by atoms with Crippen molar-refractivity contribution in [3.8, 4) is 6.07 Å². The third-order valence-corrected chi connectivity index (χ3v) is 1.98. The highest BCUT2D eigenvalue weighted by atomic mass is 16.4. The minimum Gasteiger partial charge on any atom is -0.481 e. The fourth-order valence-corrected chi connectivity index (χ4v) is 1.25. The van der Waals surface area contributed by atoms with Gasteiger partial charge in [-0.15, -0.1) is 0 Å². The summed E-state index contributed by atoms with van der Waals surface area (Å²) < 4.78 is 0. The van der Waals surface area contributed by atoms with E-state index >= 15 is 0 Å². The highest BCUT2D eigenvalue weighted by Gasteiger charge is 2.07. The summed E-state index contributed by atoms with van der Waals surface area (Å²) in [5, 5.41) is 17.2. The fraction of sp³-hybridized carbons (Fsp3) is 0.273. The summed E-state index contributed by atoms with van der Waals surface area (Å²) in [4.78, 5) is 12.2. The first-order valence-electron chi connectivity index (χ1n) is 4.63. The molecule has 4 nitrogen and oxygen atoms in total. The number of aliphatic carboxylic acids is 1. The van der Waals surface area contributed by atoms with Gasteiger partial charge in [0.1, 0.15) is 6.54 Å². The van der Waals surface area contributed by atoms with Crippen molar-refractivity contribution in [2.24, 2.45) is 0 Å².